The van der Waals surface area contributed by atoms with Crippen molar-refractivity contribution in [3.05, 3.63) is 34.9 Å². The van der Waals surface area contributed by atoms with E-state index in [1.165, 1.54) is 5.56 Å². The van der Waals surface area contributed by atoms with Crippen LogP contribution in [0.3, 0.4) is 0 Å². The number of hydrogen-bond donors (Lipinski definition) is 0. The van der Waals surface area contributed by atoms with Crippen LogP contribution < -0.4 is 0 Å². The average Bonchev–Trinajstić information content (AvgIpc) is 2.74. The van der Waals surface area contributed by atoms with E-state index < -0.39 is 0 Å². The number of ether oxygens (including phenoxy) is 1. The van der Waals surface area contributed by atoms with Crippen LogP contribution in [-0.2, 0) is 11.2 Å². The van der Waals surface area contributed by atoms with E-state index >= 15 is 0 Å². The van der Waals surface area contributed by atoms with Crippen LogP contribution in [-0.4, -0.2) is 12.2 Å². The molecule has 2 heteroatoms. The lowest BCUT2D eigenvalue weighted by atomic mass is 10.0. The summed E-state index contributed by atoms with van der Waals surface area (Å²) in [7, 11) is 0. The molecule has 1 unspecified atom stereocenters. The highest BCUT2D eigenvalue weighted by Gasteiger charge is 2.39. The zero-order valence-electron chi connectivity index (χ0n) is 7.01. The Labute approximate surface area is 77.3 Å². The van der Waals surface area contributed by atoms with Crippen LogP contribution in [0.5, 0.6) is 0 Å². The van der Waals surface area contributed by atoms with E-state index in [1.807, 2.05) is 18.2 Å². The molecule has 1 aliphatic rings. The van der Waals surface area contributed by atoms with E-state index in [2.05, 4.69) is 13.0 Å². The predicted octanol–water partition coefficient (Wildman–Crippen LogP) is 2.67. The lowest BCUT2D eigenvalue weighted by molar-refractivity contribution is 0.322. The third kappa shape index (κ3) is 1.62. The van der Waals surface area contributed by atoms with E-state index in [9.17, 15) is 0 Å². The zero-order valence-corrected chi connectivity index (χ0v) is 7.77. The van der Waals surface area contributed by atoms with Gasteiger partial charge in [-0.3, -0.25) is 0 Å². The highest BCUT2D eigenvalue weighted by atomic mass is 35.5. The van der Waals surface area contributed by atoms with Gasteiger partial charge in [-0.2, -0.15) is 0 Å². The highest BCUT2D eigenvalue weighted by Crippen LogP contribution is 2.32. The quantitative estimate of drug-likeness (QED) is 0.641. The number of rotatable bonds is 2. The van der Waals surface area contributed by atoms with Crippen molar-refractivity contribution in [2.45, 2.75) is 18.9 Å². The zero-order chi connectivity index (χ0) is 8.60. The summed E-state index contributed by atoms with van der Waals surface area (Å²) in [5.41, 5.74) is 1.24. The fraction of sp³-hybridized carbons (Fsp3) is 0.400. The Balaban J connectivity index is 2.17. The average molecular weight is 183 g/mol. The topological polar surface area (TPSA) is 12.5 Å². The normalized spacial score (nSPS) is 27.2. The molecule has 0 N–H and O–H groups in total. The third-order valence-electron chi connectivity index (χ3n) is 2.16. The van der Waals surface area contributed by atoms with Gasteiger partial charge in [0.2, 0.25) is 0 Å². The van der Waals surface area contributed by atoms with Gasteiger partial charge in [0.1, 0.15) is 0 Å². The van der Waals surface area contributed by atoms with Gasteiger partial charge in [0, 0.05) is 11.4 Å². The Morgan fingerprint density at radius 1 is 1.50 bits per heavy atom. The van der Waals surface area contributed by atoms with Crippen molar-refractivity contribution in [2.75, 3.05) is 6.61 Å². The summed E-state index contributed by atoms with van der Waals surface area (Å²) in [6, 6.07) is 7.92. The molecule has 0 aliphatic carbocycles. The van der Waals surface area contributed by atoms with Crippen molar-refractivity contribution in [3.8, 4) is 0 Å². The molecule has 0 radical (unpaired) electrons. The summed E-state index contributed by atoms with van der Waals surface area (Å²) in [6.07, 6.45) is 0.923. The van der Waals surface area contributed by atoms with Gasteiger partial charge < -0.3 is 4.74 Å². The molecule has 64 valence electrons. The number of halogens is 1. The van der Waals surface area contributed by atoms with Crippen LogP contribution >= 0.6 is 11.6 Å². The molecule has 1 aromatic rings. The molecule has 1 heterocycles. The lowest BCUT2D eigenvalue weighted by Crippen LogP contribution is -2.08. The van der Waals surface area contributed by atoms with Gasteiger partial charge in [-0.1, -0.05) is 29.8 Å². The summed E-state index contributed by atoms with van der Waals surface area (Å²) in [6.45, 7) is 2.97. The minimum atomic E-state index is 0.0605. The first-order valence-corrected chi connectivity index (χ1v) is 4.45. The van der Waals surface area contributed by atoms with Crippen molar-refractivity contribution >= 4 is 11.6 Å². The van der Waals surface area contributed by atoms with E-state index in [4.69, 9.17) is 16.3 Å². The van der Waals surface area contributed by atoms with Gasteiger partial charge in [0.15, 0.2) is 0 Å². The van der Waals surface area contributed by atoms with Crippen molar-refractivity contribution in [2.24, 2.45) is 0 Å². The van der Waals surface area contributed by atoms with Crippen LogP contribution in [0.4, 0.5) is 0 Å². The molecular formula is C10H11ClO. The maximum absolute atomic E-state index is 6.00. The molecular weight excluding hydrogens is 172 g/mol. The number of epoxide rings is 1. The van der Waals surface area contributed by atoms with Crippen molar-refractivity contribution in [1.82, 2.24) is 0 Å². The van der Waals surface area contributed by atoms with E-state index in [-0.39, 0.29) is 5.60 Å². The molecule has 0 saturated carbocycles. The van der Waals surface area contributed by atoms with E-state index in [0.717, 1.165) is 18.1 Å². The molecule has 2 rings (SSSR count). The van der Waals surface area contributed by atoms with Crippen LogP contribution in [0.2, 0.25) is 5.02 Å². The molecule has 12 heavy (non-hydrogen) atoms. The SMILES string of the molecule is CC1(Cc2ccccc2Cl)CO1. The Bertz CT molecular complexity index is 292. The molecule has 0 bridgehead atoms. The maximum atomic E-state index is 6.00. The van der Waals surface area contributed by atoms with Crippen molar-refractivity contribution in [1.29, 1.82) is 0 Å². The number of benzene rings is 1. The number of hydrogen-bond acceptors (Lipinski definition) is 1. The van der Waals surface area contributed by atoms with Crippen molar-refractivity contribution < 1.29 is 4.74 Å². The Kier molecular flexibility index (Phi) is 1.85. The summed E-state index contributed by atoms with van der Waals surface area (Å²) in [5, 5.41) is 0.842. The second kappa shape index (κ2) is 2.75. The molecule has 0 spiro atoms. The fourth-order valence-electron chi connectivity index (χ4n) is 1.27. The molecule has 1 aromatic carbocycles. The first kappa shape index (κ1) is 8.09. The molecule has 0 aromatic heterocycles. The summed E-state index contributed by atoms with van der Waals surface area (Å²) < 4.78 is 5.30. The Morgan fingerprint density at radius 2 is 2.17 bits per heavy atom. The van der Waals surface area contributed by atoms with Crippen LogP contribution in [0.25, 0.3) is 0 Å². The largest absolute Gasteiger partial charge is 0.370 e. The minimum Gasteiger partial charge on any atom is -0.370 e. The van der Waals surface area contributed by atoms with Crippen LogP contribution in [0.1, 0.15) is 12.5 Å². The second-order valence-corrected chi connectivity index (χ2v) is 3.91. The second-order valence-electron chi connectivity index (χ2n) is 3.51. The Hall–Kier alpha value is -0.530. The first-order chi connectivity index (χ1) is 5.70. The third-order valence-corrected chi connectivity index (χ3v) is 2.53. The van der Waals surface area contributed by atoms with Gasteiger partial charge in [-0.25, -0.2) is 0 Å². The van der Waals surface area contributed by atoms with Gasteiger partial charge in [0.05, 0.1) is 12.2 Å². The van der Waals surface area contributed by atoms with Gasteiger partial charge >= 0.3 is 0 Å². The molecule has 1 fully saturated rings. The smallest absolute Gasteiger partial charge is 0.0929 e. The molecule has 1 saturated heterocycles. The lowest BCUT2D eigenvalue weighted by Gasteiger charge is -2.06. The van der Waals surface area contributed by atoms with Crippen LogP contribution in [0.15, 0.2) is 24.3 Å². The first-order valence-electron chi connectivity index (χ1n) is 4.07. The predicted molar refractivity (Wildman–Crippen MR) is 49.5 cm³/mol. The summed E-state index contributed by atoms with van der Waals surface area (Å²) >= 11 is 6.00. The van der Waals surface area contributed by atoms with Crippen LogP contribution in [0, 0.1) is 0 Å². The highest BCUT2D eigenvalue weighted by molar-refractivity contribution is 6.31. The van der Waals surface area contributed by atoms with Crippen molar-refractivity contribution in [3.63, 3.8) is 0 Å². The molecule has 1 aliphatic heterocycles. The van der Waals surface area contributed by atoms with E-state index in [1.54, 1.807) is 0 Å². The molecule has 1 nitrogen and oxygen atoms in total. The van der Waals surface area contributed by atoms with Gasteiger partial charge in [-0.15, -0.1) is 0 Å². The maximum Gasteiger partial charge on any atom is 0.0929 e. The molecule has 0 amide bonds. The monoisotopic (exact) mass is 182 g/mol. The van der Waals surface area contributed by atoms with Gasteiger partial charge in [-0.05, 0) is 18.6 Å². The van der Waals surface area contributed by atoms with Gasteiger partial charge in [0.25, 0.3) is 0 Å². The van der Waals surface area contributed by atoms with E-state index in [0.29, 0.717) is 0 Å². The Morgan fingerprint density at radius 3 is 2.75 bits per heavy atom. The summed E-state index contributed by atoms with van der Waals surface area (Å²) in [4.78, 5) is 0. The molecule has 1 atom stereocenters. The fourth-order valence-corrected chi connectivity index (χ4v) is 1.47. The minimum absolute atomic E-state index is 0.0605. The standard InChI is InChI=1S/C10H11ClO/c1-10(7-12-10)6-8-4-2-3-5-9(8)11/h2-5H,6-7H2,1H3. The summed E-state index contributed by atoms with van der Waals surface area (Å²) in [5.74, 6) is 0.